The Balaban J connectivity index is 4.18. The van der Waals surface area contributed by atoms with Gasteiger partial charge in [0.15, 0.2) is 0 Å². The second-order valence-corrected chi connectivity index (χ2v) is 4.46. The number of carbonyl (C=O) groups is 1. The van der Waals surface area contributed by atoms with Crippen LogP contribution in [0.1, 0.15) is 26.7 Å². The molecule has 76 valence electrons. The van der Waals surface area contributed by atoms with Crippen LogP contribution in [-0.2, 0) is 19.1 Å². The fraction of sp³-hybridized carbons (Fsp3) is 0.625. The van der Waals surface area contributed by atoms with E-state index in [1.807, 2.05) is 6.92 Å². The fourth-order valence-corrected chi connectivity index (χ4v) is 1.65. The van der Waals surface area contributed by atoms with E-state index in [0.29, 0.717) is 6.42 Å². The van der Waals surface area contributed by atoms with Crippen LogP contribution < -0.4 is 0 Å². The second-order valence-electron chi connectivity index (χ2n) is 2.77. The molecule has 0 aliphatic heterocycles. The van der Waals surface area contributed by atoms with Gasteiger partial charge in [-0.15, -0.1) is 0 Å². The minimum Gasteiger partial charge on any atom is -0.342 e. The average Bonchev–Trinajstić information content (AvgIpc) is 2.00. The van der Waals surface area contributed by atoms with Crippen LogP contribution in [0.3, 0.4) is 0 Å². The molecule has 5 heteroatoms. The van der Waals surface area contributed by atoms with E-state index >= 15 is 0 Å². The van der Waals surface area contributed by atoms with E-state index in [-0.39, 0.29) is 11.3 Å². The molecule has 0 radical (unpaired) electrons. The molecule has 0 aromatic carbocycles. The van der Waals surface area contributed by atoms with Gasteiger partial charge in [-0.2, -0.15) is 8.42 Å². The van der Waals surface area contributed by atoms with Gasteiger partial charge in [-0.05, 0) is 13.3 Å². The summed E-state index contributed by atoms with van der Waals surface area (Å²) in [4.78, 5) is 10.8. The molecule has 0 aliphatic carbocycles. The molecule has 0 saturated carbocycles. The van der Waals surface area contributed by atoms with Gasteiger partial charge in [0.1, 0.15) is 0 Å². The molecule has 0 unspecified atom stereocenters. The SMILES string of the molecule is C=C(C)C(=O)OS(=O)(=O)CCCC. The molecular weight excluding hydrogens is 192 g/mol. The van der Waals surface area contributed by atoms with Gasteiger partial charge in [-0.3, -0.25) is 0 Å². The number of rotatable bonds is 5. The summed E-state index contributed by atoms with van der Waals surface area (Å²) in [7, 11) is -3.70. The maximum absolute atomic E-state index is 11.0. The van der Waals surface area contributed by atoms with Crippen LogP contribution in [0, 0.1) is 0 Å². The fourth-order valence-electron chi connectivity index (χ4n) is 0.549. The van der Waals surface area contributed by atoms with Crippen LogP contribution in [0.5, 0.6) is 0 Å². The van der Waals surface area contributed by atoms with Crippen molar-refractivity contribution in [2.75, 3.05) is 5.75 Å². The zero-order chi connectivity index (χ0) is 10.5. The van der Waals surface area contributed by atoms with Crippen molar-refractivity contribution >= 4 is 16.1 Å². The summed E-state index contributed by atoms with van der Waals surface area (Å²) in [6, 6.07) is 0. The molecule has 0 spiro atoms. The first-order valence-electron chi connectivity index (χ1n) is 4.01. The van der Waals surface area contributed by atoms with Crippen molar-refractivity contribution in [1.29, 1.82) is 0 Å². The van der Waals surface area contributed by atoms with E-state index < -0.39 is 16.1 Å². The first-order valence-corrected chi connectivity index (χ1v) is 5.58. The molecule has 0 fully saturated rings. The third-order valence-corrected chi connectivity index (χ3v) is 2.49. The Morgan fingerprint density at radius 3 is 2.38 bits per heavy atom. The molecule has 0 aliphatic rings. The molecule has 0 N–H and O–H groups in total. The zero-order valence-electron chi connectivity index (χ0n) is 7.87. The molecule has 0 rings (SSSR count). The van der Waals surface area contributed by atoms with Crippen LogP contribution in [0.15, 0.2) is 12.2 Å². The number of hydrogen-bond donors (Lipinski definition) is 0. The lowest BCUT2D eigenvalue weighted by Crippen LogP contribution is -2.16. The standard InChI is InChI=1S/C8H14O4S/c1-4-5-6-13(10,11)12-8(9)7(2)3/h2,4-6H2,1,3H3. The maximum atomic E-state index is 11.0. The molecule has 4 nitrogen and oxygen atoms in total. The van der Waals surface area contributed by atoms with E-state index in [4.69, 9.17) is 0 Å². The minimum atomic E-state index is -3.70. The molecule has 0 amide bonds. The Labute approximate surface area is 78.7 Å². The number of carbonyl (C=O) groups excluding carboxylic acids is 1. The normalized spacial score (nSPS) is 10.9. The van der Waals surface area contributed by atoms with Crippen LogP contribution in [0.25, 0.3) is 0 Å². The first-order chi connectivity index (χ1) is 5.89. The van der Waals surface area contributed by atoms with Gasteiger partial charge in [0.05, 0.1) is 5.75 Å². The van der Waals surface area contributed by atoms with E-state index in [1.165, 1.54) is 6.92 Å². The molecule has 0 heterocycles. The molecule has 0 bridgehead atoms. The predicted octanol–water partition coefficient (Wildman–Crippen LogP) is 1.24. The lowest BCUT2D eigenvalue weighted by atomic mass is 10.4. The summed E-state index contributed by atoms with van der Waals surface area (Å²) in [5.41, 5.74) is 0.0834. The average molecular weight is 206 g/mol. The molecule has 0 aromatic rings. The van der Waals surface area contributed by atoms with Crippen molar-refractivity contribution in [2.24, 2.45) is 0 Å². The van der Waals surface area contributed by atoms with Crippen LogP contribution in [0.2, 0.25) is 0 Å². The smallest absolute Gasteiger partial charge is 0.342 e. The predicted molar refractivity (Wildman–Crippen MR) is 49.6 cm³/mol. The lowest BCUT2D eigenvalue weighted by molar-refractivity contribution is -0.129. The quantitative estimate of drug-likeness (QED) is 0.501. The van der Waals surface area contributed by atoms with Gasteiger partial charge >= 0.3 is 16.1 Å². The Bertz CT molecular complexity index is 289. The maximum Gasteiger partial charge on any atom is 0.348 e. The highest BCUT2D eigenvalue weighted by molar-refractivity contribution is 7.87. The van der Waals surface area contributed by atoms with Gasteiger partial charge in [0.2, 0.25) is 0 Å². The monoisotopic (exact) mass is 206 g/mol. The highest BCUT2D eigenvalue weighted by Crippen LogP contribution is 2.02. The third-order valence-electron chi connectivity index (χ3n) is 1.30. The Kier molecular flexibility index (Phi) is 4.69. The van der Waals surface area contributed by atoms with Crippen molar-refractivity contribution in [1.82, 2.24) is 0 Å². The highest BCUT2D eigenvalue weighted by Gasteiger charge is 2.16. The van der Waals surface area contributed by atoms with Crippen molar-refractivity contribution < 1.29 is 17.4 Å². The summed E-state index contributed by atoms with van der Waals surface area (Å²) < 4.78 is 26.3. The highest BCUT2D eigenvalue weighted by atomic mass is 32.2. The molecule has 0 saturated heterocycles. The van der Waals surface area contributed by atoms with E-state index in [9.17, 15) is 13.2 Å². The summed E-state index contributed by atoms with van der Waals surface area (Å²) >= 11 is 0. The Morgan fingerprint density at radius 2 is 2.00 bits per heavy atom. The third kappa shape index (κ3) is 5.41. The van der Waals surface area contributed by atoms with Crippen molar-refractivity contribution in [3.8, 4) is 0 Å². The topological polar surface area (TPSA) is 60.4 Å². The molecular formula is C8H14O4S. The summed E-state index contributed by atoms with van der Waals surface area (Å²) in [5, 5.41) is 0. The van der Waals surface area contributed by atoms with E-state index in [1.54, 1.807) is 0 Å². The van der Waals surface area contributed by atoms with Crippen LogP contribution in [-0.4, -0.2) is 20.1 Å². The largest absolute Gasteiger partial charge is 0.348 e. The number of hydrogen-bond acceptors (Lipinski definition) is 4. The summed E-state index contributed by atoms with van der Waals surface area (Å²) in [5.74, 6) is -1.00. The summed E-state index contributed by atoms with van der Waals surface area (Å²) in [6.07, 6.45) is 1.23. The van der Waals surface area contributed by atoms with Gasteiger partial charge in [-0.1, -0.05) is 19.9 Å². The van der Waals surface area contributed by atoms with Crippen LogP contribution >= 0.6 is 0 Å². The molecule has 0 aromatic heterocycles. The van der Waals surface area contributed by atoms with Gasteiger partial charge in [0.25, 0.3) is 0 Å². The molecule has 0 atom stereocenters. The van der Waals surface area contributed by atoms with Crippen molar-refractivity contribution in [3.63, 3.8) is 0 Å². The zero-order valence-corrected chi connectivity index (χ0v) is 8.69. The number of unbranched alkanes of at least 4 members (excludes halogenated alkanes) is 1. The Morgan fingerprint density at radius 1 is 1.46 bits per heavy atom. The Hall–Kier alpha value is -0.840. The van der Waals surface area contributed by atoms with Crippen LogP contribution in [0.4, 0.5) is 0 Å². The van der Waals surface area contributed by atoms with Gasteiger partial charge in [0, 0.05) is 5.57 Å². The summed E-state index contributed by atoms with van der Waals surface area (Å²) in [6.45, 7) is 6.54. The lowest BCUT2D eigenvalue weighted by Gasteiger charge is -2.03. The van der Waals surface area contributed by atoms with Crippen molar-refractivity contribution in [2.45, 2.75) is 26.7 Å². The first kappa shape index (κ1) is 12.2. The van der Waals surface area contributed by atoms with E-state index in [2.05, 4.69) is 10.8 Å². The van der Waals surface area contributed by atoms with Crippen molar-refractivity contribution in [3.05, 3.63) is 12.2 Å². The minimum absolute atomic E-state index is 0.0834. The van der Waals surface area contributed by atoms with Gasteiger partial charge < -0.3 is 4.18 Å². The molecule has 13 heavy (non-hydrogen) atoms. The van der Waals surface area contributed by atoms with Gasteiger partial charge in [-0.25, -0.2) is 4.79 Å². The second kappa shape index (κ2) is 5.01. The van der Waals surface area contributed by atoms with E-state index in [0.717, 1.165) is 6.42 Å².